The number of nitriles is 1. The second-order valence-corrected chi connectivity index (χ2v) is 9.07. The molecule has 0 aromatic heterocycles. The molecule has 2 aliphatic carbocycles. The van der Waals surface area contributed by atoms with Gasteiger partial charge in [0.2, 0.25) is 5.96 Å². The molecule has 0 atom stereocenters. The van der Waals surface area contributed by atoms with Crippen LogP contribution in [0, 0.1) is 11.3 Å². The van der Waals surface area contributed by atoms with Gasteiger partial charge in [0, 0.05) is 11.1 Å². The minimum atomic E-state index is -1.19. The molecule has 1 heterocycles. The van der Waals surface area contributed by atoms with Crippen molar-refractivity contribution in [2.75, 3.05) is 0 Å². The summed E-state index contributed by atoms with van der Waals surface area (Å²) in [7, 11) is 0. The molecule has 1 saturated heterocycles. The molecular weight excluding hydrogens is 448 g/mol. The third kappa shape index (κ3) is 2.48. The largest absolute Gasteiger partial charge is 0.292 e. The summed E-state index contributed by atoms with van der Waals surface area (Å²) in [6.45, 7) is 0. The zero-order valence-electron chi connectivity index (χ0n) is 19.0. The first-order chi connectivity index (χ1) is 17.7. The van der Waals surface area contributed by atoms with Gasteiger partial charge in [-0.05, 0) is 33.4 Å². The first-order valence-corrected chi connectivity index (χ1v) is 11.7. The predicted octanol–water partition coefficient (Wildman–Crippen LogP) is 3.44. The first kappa shape index (κ1) is 20.4. The molecule has 1 amide bonds. The van der Waals surface area contributed by atoms with E-state index in [1.165, 1.54) is 0 Å². The minimum absolute atomic E-state index is 0.184. The highest BCUT2D eigenvalue weighted by Crippen LogP contribution is 2.48. The molecule has 4 aromatic rings. The van der Waals surface area contributed by atoms with Gasteiger partial charge in [0.05, 0.1) is 0 Å². The second-order valence-electron chi connectivity index (χ2n) is 9.07. The number of fused-ring (bicyclic) bond motifs is 8. The van der Waals surface area contributed by atoms with Crippen molar-refractivity contribution in [3.05, 3.63) is 119 Å². The number of amides is 1. The van der Waals surface area contributed by atoms with Gasteiger partial charge in [-0.1, -0.05) is 97.1 Å². The molecule has 4 N–H and O–H groups in total. The van der Waals surface area contributed by atoms with Crippen LogP contribution in [0.4, 0.5) is 0 Å². The van der Waals surface area contributed by atoms with Gasteiger partial charge < -0.3 is 0 Å². The number of guanidine groups is 1. The van der Waals surface area contributed by atoms with E-state index in [1.807, 2.05) is 97.1 Å². The van der Waals surface area contributed by atoms with E-state index in [-0.39, 0.29) is 11.9 Å². The smallest absolute Gasteiger partial charge is 0.258 e. The molecule has 172 valence electrons. The summed E-state index contributed by atoms with van der Waals surface area (Å²) in [6, 6.07) is 33.8. The van der Waals surface area contributed by atoms with Crippen LogP contribution in [-0.4, -0.2) is 11.9 Å². The number of benzene rings is 4. The van der Waals surface area contributed by atoms with E-state index >= 15 is 0 Å². The second kappa shape index (κ2) is 7.28. The van der Waals surface area contributed by atoms with E-state index in [1.54, 1.807) is 0 Å². The van der Waals surface area contributed by atoms with Crippen LogP contribution >= 0.6 is 0 Å². The summed E-state index contributed by atoms with van der Waals surface area (Å²) < 4.78 is 0. The van der Waals surface area contributed by atoms with Crippen molar-refractivity contribution in [3.8, 4) is 28.3 Å². The Morgan fingerprint density at radius 3 is 1.61 bits per heavy atom. The van der Waals surface area contributed by atoms with Crippen molar-refractivity contribution in [2.24, 2.45) is 5.10 Å². The molecule has 1 spiro atoms. The molecule has 0 radical (unpaired) electrons. The Morgan fingerprint density at radius 1 is 0.694 bits per heavy atom. The topological polar surface area (TPSA) is 101 Å². The van der Waals surface area contributed by atoms with Crippen molar-refractivity contribution in [1.82, 2.24) is 21.6 Å². The number of rotatable bonds is 2. The van der Waals surface area contributed by atoms with Gasteiger partial charge in [-0.15, -0.1) is 5.10 Å². The van der Waals surface area contributed by atoms with E-state index in [9.17, 15) is 10.1 Å². The van der Waals surface area contributed by atoms with Crippen LogP contribution in [0.5, 0.6) is 0 Å². The Morgan fingerprint density at radius 2 is 1.14 bits per heavy atom. The molecule has 7 heteroatoms. The van der Waals surface area contributed by atoms with Crippen LogP contribution in [0.15, 0.2) is 102 Å². The first-order valence-electron chi connectivity index (χ1n) is 11.7. The fraction of sp³-hybridized carbons (Fsp3) is 0.0690. The maximum atomic E-state index is 13.7. The molecule has 36 heavy (non-hydrogen) atoms. The van der Waals surface area contributed by atoms with E-state index in [0.29, 0.717) is 0 Å². The van der Waals surface area contributed by atoms with E-state index in [2.05, 4.69) is 32.8 Å². The molecule has 1 fully saturated rings. The molecule has 3 aliphatic rings. The molecule has 0 bridgehead atoms. The normalized spacial score (nSPS) is 18.3. The van der Waals surface area contributed by atoms with Gasteiger partial charge >= 0.3 is 0 Å². The zero-order valence-corrected chi connectivity index (χ0v) is 19.0. The average Bonchev–Trinajstić information content (AvgIpc) is 3.38. The number of hydrazone groups is 1. The van der Waals surface area contributed by atoms with Crippen LogP contribution in [0.3, 0.4) is 0 Å². The average molecular weight is 469 g/mol. The van der Waals surface area contributed by atoms with Crippen molar-refractivity contribution >= 4 is 11.9 Å². The van der Waals surface area contributed by atoms with Crippen LogP contribution in [0.2, 0.25) is 0 Å². The third-order valence-electron chi connectivity index (χ3n) is 7.35. The minimum Gasteiger partial charge on any atom is -0.292 e. The number of carbonyl (C=O) groups is 1. The van der Waals surface area contributed by atoms with Crippen molar-refractivity contribution in [2.45, 2.75) is 11.1 Å². The lowest BCUT2D eigenvalue weighted by molar-refractivity contribution is -0.126. The Kier molecular flexibility index (Phi) is 4.14. The molecule has 4 aromatic carbocycles. The standard InChI is InChI=1S/C29H20N6O/c30-17-28(22-13-5-1-9-18(22)19-10-2-6-14-23(19)28)34-32-27-31-26(36)29(35-33-27)24-15-7-3-11-20(24)21-12-4-8-16-25(21)29/h1-16,34-35H,(H2,31,32,33,36). The van der Waals surface area contributed by atoms with E-state index in [0.717, 1.165) is 44.5 Å². The SMILES string of the molecule is N#CC1(N/N=C2/NNC3(C(=O)N2)c2ccccc2-c2ccccc23)c2ccccc2-c2ccccc21. The molecular formula is C29H20N6O. The number of hydrogen-bond acceptors (Lipinski definition) is 5. The number of nitrogens with one attached hydrogen (secondary N) is 4. The fourth-order valence-corrected chi connectivity index (χ4v) is 5.75. The van der Waals surface area contributed by atoms with Gasteiger partial charge in [0.1, 0.15) is 6.07 Å². The highest BCUT2D eigenvalue weighted by molar-refractivity contribution is 6.09. The monoisotopic (exact) mass is 468 g/mol. The van der Waals surface area contributed by atoms with Crippen molar-refractivity contribution in [1.29, 1.82) is 5.26 Å². The van der Waals surface area contributed by atoms with Gasteiger partial charge in [0.25, 0.3) is 5.91 Å². The molecule has 7 nitrogen and oxygen atoms in total. The predicted molar refractivity (Wildman–Crippen MR) is 136 cm³/mol. The summed E-state index contributed by atoms with van der Waals surface area (Å²) >= 11 is 0. The molecule has 0 unspecified atom stereocenters. The number of hydrazine groups is 1. The summed E-state index contributed by atoms with van der Waals surface area (Å²) in [6.07, 6.45) is 0. The Labute approximate surface area is 207 Å². The maximum Gasteiger partial charge on any atom is 0.258 e. The Balaban J connectivity index is 1.26. The summed E-state index contributed by atoms with van der Waals surface area (Å²) in [5.41, 5.74) is 14.5. The van der Waals surface area contributed by atoms with E-state index in [4.69, 9.17) is 0 Å². The summed E-state index contributed by atoms with van der Waals surface area (Å²) in [4.78, 5) is 13.7. The maximum absolute atomic E-state index is 13.7. The van der Waals surface area contributed by atoms with Gasteiger partial charge in [-0.2, -0.15) is 5.26 Å². The van der Waals surface area contributed by atoms with Crippen molar-refractivity contribution < 1.29 is 4.79 Å². The van der Waals surface area contributed by atoms with Gasteiger partial charge in [-0.25, -0.2) is 5.43 Å². The fourth-order valence-electron chi connectivity index (χ4n) is 5.75. The van der Waals surface area contributed by atoms with Crippen molar-refractivity contribution in [3.63, 3.8) is 0 Å². The van der Waals surface area contributed by atoms with Crippen LogP contribution in [0.25, 0.3) is 22.3 Å². The molecule has 7 rings (SSSR count). The highest BCUT2D eigenvalue weighted by atomic mass is 16.2. The highest BCUT2D eigenvalue weighted by Gasteiger charge is 2.52. The third-order valence-corrected chi connectivity index (χ3v) is 7.35. The van der Waals surface area contributed by atoms with Gasteiger partial charge in [0.15, 0.2) is 11.1 Å². The number of nitrogens with zero attached hydrogens (tertiary/aromatic N) is 2. The van der Waals surface area contributed by atoms with E-state index < -0.39 is 11.1 Å². The van der Waals surface area contributed by atoms with Gasteiger partial charge in [-0.3, -0.25) is 21.0 Å². The summed E-state index contributed by atoms with van der Waals surface area (Å²) in [5, 5.41) is 17.7. The Bertz CT molecular complexity index is 1560. The number of carbonyl (C=O) groups excluding carboxylic acids is 1. The lowest BCUT2D eigenvalue weighted by atomic mass is 9.86. The Hall–Kier alpha value is -4.93. The zero-order chi connectivity index (χ0) is 24.3. The lowest BCUT2D eigenvalue weighted by Gasteiger charge is -2.36. The van der Waals surface area contributed by atoms with Crippen LogP contribution < -0.4 is 21.6 Å². The summed E-state index contributed by atoms with van der Waals surface area (Å²) in [5.74, 6) is -0.0681. The molecule has 0 saturated carbocycles. The van der Waals surface area contributed by atoms with Crippen LogP contribution in [0.1, 0.15) is 22.3 Å². The molecule has 1 aliphatic heterocycles. The lowest BCUT2D eigenvalue weighted by Crippen LogP contribution is -2.69. The van der Waals surface area contributed by atoms with Crippen LogP contribution in [-0.2, 0) is 15.9 Å². The quantitative estimate of drug-likeness (QED) is 0.338. The number of hydrogen-bond donors (Lipinski definition) is 4.